The van der Waals surface area contributed by atoms with E-state index in [0.29, 0.717) is 60.6 Å². The molecule has 4 amide bonds. The molecule has 18 heteroatoms. The molecule has 6 rings (SSSR count). The van der Waals surface area contributed by atoms with E-state index in [2.05, 4.69) is 15.0 Å². The fraction of sp³-hybridized carbons (Fsp3) is 0.643. The summed E-state index contributed by atoms with van der Waals surface area (Å²) in [5.41, 5.74) is -3.60. The third-order valence-corrected chi connectivity index (χ3v) is 15.3. The van der Waals surface area contributed by atoms with Crippen molar-refractivity contribution in [2.75, 3.05) is 20.8 Å². The lowest BCUT2D eigenvalue weighted by Gasteiger charge is -2.47. The van der Waals surface area contributed by atoms with Crippen LogP contribution in [0, 0.1) is 17.8 Å². The van der Waals surface area contributed by atoms with E-state index in [0.717, 1.165) is 13.8 Å². The lowest BCUT2D eigenvalue weighted by molar-refractivity contribution is -0.157. The fourth-order valence-corrected chi connectivity index (χ4v) is 9.82. The smallest absolute Gasteiger partial charge is 0.408 e. The van der Waals surface area contributed by atoms with Gasteiger partial charge in [-0.05, 0) is 83.3 Å². The minimum absolute atomic E-state index is 0.0861. The molecule has 0 unspecified atom stereocenters. The predicted molar refractivity (Wildman–Crippen MR) is 217 cm³/mol. The van der Waals surface area contributed by atoms with E-state index in [9.17, 15) is 27.9 Å². The number of amides is 4. The Kier molecular flexibility index (Phi) is 12.1. The monoisotopic (exact) mass is 861 g/mol. The first-order valence-electron chi connectivity index (χ1n) is 20.5. The summed E-state index contributed by atoms with van der Waals surface area (Å²) in [6, 6.07) is 3.60. The number of nitrogens with zero attached hydrogens (tertiary/aromatic N) is 3. The Morgan fingerprint density at radius 1 is 1.12 bits per heavy atom. The maximum absolute atomic E-state index is 15.5. The van der Waals surface area contributed by atoms with Gasteiger partial charge in [0.2, 0.25) is 27.7 Å². The van der Waals surface area contributed by atoms with Crippen molar-refractivity contribution in [3.63, 3.8) is 0 Å². The van der Waals surface area contributed by atoms with Gasteiger partial charge in [0.1, 0.15) is 40.8 Å². The maximum Gasteiger partial charge on any atom is 0.408 e. The van der Waals surface area contributed by atoms with Crippen LogP contribution in [0.4, 0.5) is 13.6 Å². The molecule has 0 bridgehead atoms. The summed E-state index contributed by atoms with van der Waals surface area (Å²) in [5.74, 6) is -6.60. The van der Waals surface area contributed by atoms with Gasteiger partial charge in [0, 0.05) is 36.8 Å². The highest BCUT2D eigenvalue weighted by atomic mass is 32.2. The SMILES string of the molecule is CC[C@@H]1C[C@H](C)CC/C=C\[C@@H]2C[C@@]2(C(=O)NS(=O)(=O)C2(C)CC2)NC(=O)[C@@H]2C[C@@H](Oc3cc(OC)nc4cc(OC)ccc34)CN2C(=O)[C@H]1N(C(=O)O)C(C)(C)C(C)(F)F. The Hall–Kier alpha value is -4.74. The molecule has 1 saturated heterocycles. The molecule has 4 aliphatic rings. The zero-order chi connectivity index (χ0) is 44.2. The second-order valence-corrected chi connectivity index (χ2v) is 19.9. The first kappa shape index (κ1) is 44.8. The molecule has 2 saturated carbocycles. The zero-order valence-electron chi connectivity index (χ0n) is 35.4. The van der Waals surface area contributed by atoms with Crippen molar-refractivity contribution in [3.05, 3.63) is 36.4 Å². The molecule has 3 N–H and O–H groups in total. The number of rotatable bonds is 11. The summed E-state index contributed by atoms with van der Waals surface area (Å²) >= 11 is 0. The van der Waals surface area contributed by atoms with Crippen molar-refractivity contribution in [1.29, 1.82) is 0 Å². The van der Waals surface area contributed by atoms with Gasteiger partial charge in [0.15, 0.2) is 0 Å². The number of alkyl halides is 2. The third kappa shape index (κ3) is 8.44. The highest BCUT2D eigenvalue weighted by Crippen LogP contribution is 2.48. The molecule has 0 spiro atoms. The number of hydrogen-bond acceptors (Lipinski definition) is 10. The molecule has 3 fully saturated rings. The minimum atomic E-state index is -4.10. The molecular weight excluding hydrogens is 805 g/mol. The summed E-state index contributed by atoms with van der Waals surface area (Å²) in [4.78, 5) is 63.5. The van der Waals surface area contributed by atoms with E-state index in [1.807, 2.05) is 13.0 Å². The topological polar surface area (TPSA) is 194 Å². The lowest BCUT2D eigenvalue weighted by Crippen LogP contribution is -2.67. The van der Waals surface area contributed by atoms with Crippen molar-refractivity contribution in [1.82, 2.24) is 24.8 Å². The predicted octanol–water partition coefficient (Wildman–Crippen LogP) is 5.66. The van der Waals surface area contributed by atoms with Crippen LogP contribution in [-0.4, -0.2) is 113 Å². The van der Waals surface area contributed by atoms with Crippen LogP contribution < -0.4 is 24.2 Å². The minimum Gasteiger partial charge on any atom is -0.497 e. The zero-order valence-corrected chi connectivity index (χ0v) is 36.2. The molecule has 0 radical (unpaired) electrons. The summed E-state index contributed by atoms with van der Waals surface area (Å²) in [6.07, 6.45) is 3.33. The van der Waals surface area contributed by atoms with Gasteiger partial charge < -0.3 is 29.5 Å². The molecule has 2 aromatic rings. The van der Waals surface area contributed by atoms with Crippen LogP contribution in [0.3, 0.4) is 0 Å². The second kappa shape index (κ2) is 16.3. The number of nitrogens with one attached hydrogen (secondary N) is 2. The van der Waals surface area contributed by atoms with E-state index in [1.165, 1.54) is 26.0 Å². The molecule has 7 atom stereocenters. The van der Waals surface area contributed by atoms with E-state index in [4.69, 9.17) is 14.2 Å². The van der Waals surface area contributed by atoms with Gasteiger partial charge in [-0.15, -0.1) is 0 Å². The van der Waals surface area contributed by atoms with E-state index in [1.54, 1.807) is 37.3 Å². The van der Waals surface area contributed by atoms with Crippen molar-refractivity contribution in [2.24, 2.45) is 17.8 Å². The molecular formula is C42H57F2N5O10S. The van der Waals surface area contributed by atoms with Gasteiger partial charge in [-0.1, -0.05) is 32.4 Å². The number of hydrogen-bond donors (Lipinski definition) is 3. The van der Waals surface area contributed by atoms with E-state index < -0.39 is 85.6 Å². The first-order chi connectivity index (χ1) is 28.0. The molecule has 15 nitrogen and oxygen atoms in total. The van der Waals surface area contributed by atoms with Gasteiger partial charge in [0.05, 0.1) is 31.0 Å². The van der Waals surface area contributed by atoms with Crippen molar-refractivity contribution in [3.8, 4) is 17.4 Å². The van der Waals surface area contributed by atoms with Crippen LogP contribution in [-0.2, 0) is 24.4 Å². The number of ether oxygens (including phenoxy) is 3. The Labute approximate surface area is 349 Å². The Morgan fingerprint density at radius 2 is 1.82 bits per heavy atom. The molecule has 330 valence electrons. The number of carbonyl (C=O) groups excluding carboxylic acids is 3. The summed E-state index contributed by atoms with van der Waals surface area (Å²) in [7, 11) is -1.17. The van der Waals surface area contributed by atoms with Gasteiger partial charge >= 0.3 is 6.09 Å². The summed E-state index contributed by atoms with van der Waals surface area (Å²) < 4.78 is 76.0. The van der Waals surface area contributed by atoms with Crippen LogP contribution in [0.2, 0.25) is 0 Å². The molecule has 2 aliphatic heterocycles. The standard InChI is InChI=1S/C42H57F2N5O10S/c1-9-25-18-24(2)12-10-11-13-26-22-42(26,37(52)47-60(55,56)40(5)16-17-40)46-35(50)31-20-28(59-32-21-33(58-8)45-30-19-27(57-7)14-15-29(30)32)23-48(31)36(51)34(25)49(38(53)54)39(3,4)41(6,43)44/h11,13-15,19,21,24-26,28,31,34H,9-10,12,16-18,20,22-23H2,1-8H3,(H,46,50)(H,47,52)(H,53,54)/b13-11-/t24-,25-,26-,28-,31+,34+,42-/m1/s1. The normalized spacial score (nSPS) is 28.9. The van der Waals surface area contributed by atoms with Crippen molar-refractivity contribution >= 4 is 44.7 Å². The second-order valence-electron chi connectivity index (χ2n) is 17.7. The number of pyridine rings is 1. The Balaban J connectivity index is 1.45. The maximum atomic E-state index is 15.5. The van der Waals surface area contributed by atoms with Crippen molar-refractivity contribution in [2.45, 2.75) is 133 Å². The number of benzene rings is 1. The molecule has 3 heterocycles. The number of fused-ring (bicyclic) bond motifs is 3. The third-order valence-electron chi connectivity index (χ3n) is 13.2. The average molecular weight is 862 g/mol. The largest absolute Gasteiger partial charge is 0.497 e. The van der Waals surface area contributed by atoms with Gasteiger partial charge in [-0.25, -0.2) is 27.0 Å². The quantitative estimate of drug-likeness (QED) is 0.236. The number of allylic oxidation sites excluding steroid dienone is 1. The van der Waals surface area contributed by atoms with Crippen LogP contribution in [0.25, 0.3) is 10.9 Å². The van der Waals surface area contributed by atoms with E-state index in [-0.39, 0.29) is 43.4 Å². The molecule has 1 aromatic heterocycles. The Bertz CT molecular complexity index is 2150. The number of methoxy groups -OCH3 is 2. The van der Waals surface area contributed by atoms with Crippen LogP contribution in [0.1, 0.15) is 92.9 Å². The number of carbonyl (C=O) groups is 4. The lowest BCUT2D eigenvalue weighted by atomic mass is 9.81. The first-order valence-corrected chi connectivity index (χ1v) is 22.0. The van der Waals surface area contributed by atoms with Gasteiger partial charge in [0.25, 0.3) is 11.8 Å². The van der Waals surface area contributed by atoms with Gasteiger partial charge in [-0.3, -0.25) is 24.0 Å². The number of aromatic nitrogens is 1. The number of carboxylic acid groups (broad SMARTS) is 1. The number of halogens is 2. The van der Waals surface area contributed by atoms with E-state index >= 15 is 13.6 Å². The van der Waals surface area contributed by atoms with Gasteiger partial charge in [-0.2, -0.15) is 0 Å². The molecule has 1 aromatic carbocycles. The summed E-state index contributed by atoms with van der Waals surface area (Å²) in [6.45, 7) is 7.74. The highest BCUT2D eigenvalue weighted by Gasteiger charge is 2.63. The van der Waals surface area contributed by atoms with Crippen molar-refractivity contribution < 1.29 is 55.7 Å². The average Bonchev–Trinajstić information content (AvgIpc) is 4.06. The van der Waals surface area contributed by atoms with Crippen LogP contribution >= 0.6 is 0 Å². The summed E-state index contributed by atoms with van der Waals surface area (Å²) in [5, 5.41) is 14.1. The van der Waals surface area contributed by atoms with Crippen LogP contribution in [0.5, 0.6) is 17.4 Å². The fourth-order valence-electron chi connectivity index (χ4n) is 8.51. The molecule has 60 heavy (non-hydrogen) atoms. The molecule has 2 aliphatic carbocycles. The van der Waals surface area contributed by atoms with Crippen LogP contribution in [0.15, 0.2) is 36.4 Å². The number of sulfonamides is 1. The Morgan fingerprint density at radius 3 is 2.42 bits per heavy atom. The highest BCUT2D eigenvalue weighted by molar-refractivity contribution is 7.91.